The molecule has 0 spiro atoms. The second kappa shape index (κ2) is 11.4. The Hall–Kier alpha value is -3.32. The number of likely N-dealkylation sites (tertiary alicyclic amines) is 2. The lowest BCUT2D eigenvalue weighted by molar-refractivity contribution is -0.131. The highest BCUT2D eigenvalue weighted by Gasteiger charge is 2.29. The number of nitrogens with one attached hydrogen (secondary N) is 1. The standard InChI is InChI=1S/C30H38N4O3/c1-22-19-31-26-18-24(10-11-25(22)26)30(36)34(27-8-4-5-9-28(27)37-2)21-29(35)33-16-12-23(13-17-33)20-32-14-6-3-7-15-32/h4-5,8-11,18-19,23,31H,3,6-7,12-17,20-21H2,1-2H3. The molecule has 2 aromatic carbocycles. The van der Waals surface area contributed by atoms with Crippen molar-refractivity contribution in [1.82, 2.24) is 14.8 Å². The molecule has 1 aromatic heterocycles. The number of piperidine rings is 2. The van der Waals surface area contributed by atoms with Crippen molar-refractivity contribution in [3.05, 3.63) is 59.8 Å². The molecular weight excluding hydrogens is 464 g/mol. The number of nitrogens with zero attached hydrogens (tertiary/aromatic N) is 3. The summed E-state index contributed by atoms with van der Waals surface area (Å²) < 4.78 is 5.57. The maximum Gasteiger partial charge on any atom is 0.258 e. The maximum absolute atomic E-state index is 13.8. The Balaban J connectivity index is 1.31. The lowest BCUT2D eigenvalue weighted by Gasteiger charge is -2.37. The fourth-order valence-corrected chi connectivity index (χ4v) is 5.79. The number of amides is 2. The molecule has 37 heavy (non-hydrogen) atoms. The summed E-state index contributed by atoms with van der Waals surface area (Å²) in [6, 6.07) is 13.1. The molecule has 2 amide bonds. The first kappa shape index (κ1) is 25.3. The highest BCUT2D eigenvalue weighted by Crippen LogP contribution is 2.30. The van der Waals surface area contributed by atoms with E-state index in [-0.39, 0.29) is 18.4 Å². The monoisotopic (exact) mass is 502 g/mol. The second-order valence-electron chi connectivity index (χ2n) is 10.5. The van der Waals surface area contributed by atoms with Gasteiger partial charge in [-0.15, -0.1) is 0 Å². The summed E-state index contributed by atoms with van der Waals surface area (Å²) in [5.74, 6) is 0.977. The fraction of sp³-hybridized carbons (Fsp3) is 0.467. The largest absolute Gasteiger partial charge is 0.495 e. The molecule has 2 saturated heterocycles. The number of benzene rings is 2. The van der Waals surface area contributed by atoms with E-state index < -0.39 is 0 Å². The summed E-state index contributed by atoms with van der Waals surface area (Å²) in [4.78, 5) is 36.7. The van der Waals surface area contributed by atoms with Crippen molar-refractivity contribution in [2.24, 2.45) is 5.92 Å². The van der Waals surface area contributed by atoms with Crippen molar-refractivity contribution in [2.45, 2.75) is 39.0 Å². The van der Waals surface area contributed by atoms with Gasteiger partial charge < -0.3 is 19.5 Å². The van der Waals surface area contributed by atoms with Gasteiger partial charge in [-0.1, -0.05) is 24.6 Å². The number of hydrogen-bond acceptors (Lipinski definition) is 4. The van der Waals surface area contributed by atoms with Crippen molar-refractivity contribution in [3.8, 4) is 5.75 Å². The number of aromatic nitrogens is 1. The molecule has 2 aliphatic heterocycles. The molecule has 0 atom stereocenters. The first-order valence-corrected chi connectivity index (χ1v) is 13.6. The van der Waals surface area contributed by atoms with Crippen molar-refractivity contribution in [2.75, 3.05) is 51.3 Å². The van der Waals surface area contributed by atoms with Gasteiger partial charge in [0.05, 0.1) is 12.8 Å². The van der Waals surface area contributed by atoms with Crippen LogP contribution in [-0.2, 0) is 4.79 Å². The van der Waals surface area contributed by atoms with Crippen LogP contribution in [0.3, 0.4) is 0 Å². The third kappa shape index (κ3) is 5.67. The predicted octanol–water partition coefficient (Wildman–Crippen LogP) is 4.86. The van der Waals surface area contributed by atoms with Crippen LogP contribution in [0.1, 0.15) is 48.0 Å². The fourth-order valence-electron chi connectivity index (χ4n) is 5.79. The summed E-state index contributed by atoms with van der Waals surface area (Å²) in [6.45, 7) is 7.09. The molecule has 3 heterocycles. The van der Waals surface area contributed by atoms with E-state index in [1.807, 2.05) is 60.5 Å². The molecule has 1 N–H and O–H groups in total. The predicted molar refractivity (Wildman–Crippen MR) is 147 cm³/mol. The Bertz CT molecular complexity index is 1240. The summed E-state index contributed by atoms with van der Waals surface area (Å²) in [6.07, 6.45) is 7.95. The number of para-hydroxylation sites is 2. The van der Waals surface area contributed by atoms with Crippen LogP contribution in [0.5, 0.6) is 5.75 Å². The zero-order valence-electron chi connectivity index (χ0n) is 22.0. The van der Waals surface area contributed by atoms with Gasteiger partial charge in [0.2, 0.25) is 5.91 Å². The number of aromatic amines is 1. The minimum absolute atomic E-state index is 0.0161. The van der Waals surface area contributed by atoms with Crippen molar-refractivity contribution < 1.29 is 14.3 Å². The van der Waals surface area contributed by atoms with E-state index in [0.717, 1.165) is 48.9 Å². The smallest absolute Gasteiger partial charge is 0.258 e. The van der Waals surface area contributed by atoms with Gasteiger partial charge in [-0.3, -0.25) is 14.5 Å². The Morgan fingerprint density at radius 2 is 1.78 bits per heavy atom. The van der Waals surface area contributed by atoms with Gasteiger partial charge in [-0.2, -0.15) is 0 Å². The molecule has 0 bridgehead atoms. The molecule has 5 rings (SSSR count). The lowest BCUT2D eigenvalue weighted by atomic mass is 9.95. The topological polar surface area (TPSA) is 68.9 Å². The number of rotatable bonds is 7. The molecule has 2 aliphatic rings. The zero-order valence-corrected chi connectivity index (χ0v) is 22.0. The van der Waals surface area contributed by atoms with Crippen molar-refractivity contribution >= 4 is 28.4 Å². The normalized spacial score (nSPS) is 17.2. The number of aryl methyl sites for hydroxylation is 1. The first-order chi connectivity index (χ1) is 18.0. The number of carbonyl (C=O) groups is 2. The zero-order chi connectivity index (χ0) is 25.8. The average molecular weight is 503 g/mol. The minimum atomic E-state index is -0.216. The van der Waals surface area contributed by atoms with Gasteiger partial charge in [-0.05, 0) is 81.4 Å². The van der Waals surface area contributed by atoms with E-state index in [9.17, 15) is 9.59 Å². The average Bonchev–Trinajstić information content (AvgIpc) is 3.32. The van der Waals surface area contributed by atoms with Crippen LogP contribution in [0.2, 0.25) is 0 Å². The number of fused-ring (bicyclic) bond motifs is 1. The van der Waals surface area contributed by atoms with Gasteiger partial charge in [-0.25, -0.2) is 0 Å². The molecule has 0 radical (unpaired) electrons. The Morgan fingerprint density at radius 3 is 2.54 bits per heavy atom. The van der Waals surface area contributed by atoms with Crippen LogP contribution in [0.15, 0.2) is 48.7 Å². The second-order valence-corrected chi connectivity index (χ2v) is 10.5. The Kier molecular flexibility index (Phi) is 7.79. The number of ether oxygens (including phenoxy) is 1. The van der Waals surface area contributed by atoms with Crippen LogP contribution < -0.4 is 9.64 Å². The van der Waals surface area contributed by atoms with Crippen molar-refractivity contribution in [3.63, 3.8) is 0 Å². The van der Waals surface area contributed by atoms with E-state index in [1.165, 1.54) is 32.4 Å². The lowest BCUT2D eigenvalue weighted by Crippen LogP contribution is -2.47. The highest BCUT2D eigenvalue weighted by atomic mass is 16.5. The van der Waals surface area contributed by atoms with Crippen LogP contribution >= 0.6 is 0 Å². The van der Waals surface area contributed by atoms with Crippen LogP contribution in [0.25, 0.3) is 10.9 Å². The molecule has 0 unspecified atom stereocenters. The number of hydrogen-bond donors (Lipinski definition) is 1. The van der Waals surface area contributed by atoms with Crippen LogP contribution in [0, 0.1) is 12.8 Å². The number of anilines is 1. The van der Waals surface area contributed by atoms with E-state index in [4.69, 9.17) is 4.74 Å². The third-order valence-electron chi connectivity index (χ3n) is 7.98. The molecule has 196 valence electrons. The highest BCUT2D eigenvalue weighted by molar-refractivity contribution is 6.10. The molecule has 0 aliphatic carbocycles. The molecule has 7 heteroatoms. The van der Waals surface area contributed by atoms with Crippen molar-refractivity contribution in [1.29, 1.82) is 0 Å². The first-order valence-electron chi connectivity index (χ1n) is 13.6. The van der Waals surface area contributed by atoms with E-state index in [1.54, 1.807) is 12.0 Å². The third-order valence-corrected chi connectivity index (χ3v) is 7.98. The summed E-state index contributed by atoms with van der Waals surface area (Å²) in [5.41, 5.74) is 3.18. The molecular formula is C30H38N4O3. The maximum atomic E-state index is 13.8. The minimum Gasteiger partial charge on any atom is -0.495 e. The number of H-pyrrole nitrogens is 1. The molecule has 7 nitrogen and oxygen atoms in total. The number of methoxy groups -OCH3 is 1. The van der Waals surface area contributed by atoms with Gasteiger partial charge in [0.1, 0.15) is 12.3 Å². The molecule has 0 saturated carbocycles. The quantitative estimate of drug-likeness (QED) is 0.501. The Labute approximate surface area is 219 Å². The van der Waals surface area contributed by atoms with E-state index >= 15 is 0 Å². The van der Waals surface area contributed by atoms with Gasteiger partial charge in [0.25, 0.3) is 5.91 Å². The SMILES string of the molecule is COc1ccccc1N(CC(=O)N1CCC(CN2CCCCC2)CC1)C(=O)c1ccc2c(C)c[nH]c2c1. The van der Waals surface area contributed by atoms with E-state index in [0.29, 0.717) is 22.9 Å². The molecule has 3 aromatic rings. The van der Waals surface area contributed by atoms with E-state index in [2.05, 4.69) is 9.88 Å². The van der Waals surface area contributed by atoms with Gasteiger partial charge >= 0.3 is 0 Å². The van der Waals surface area contributed by atoms with Gasteiger partial charge in [0, 0.05) is 42.3 Å². The van der Waals surface area contributed by atoms with Crippen LogP contribution in [-0.4, -0.2) is 73.0 Å². The Morgan fingerprint density at radius 1 is 1.03 bits per heavy atom. The summed E-state index contributed by atoms with van der Waals surface area (Å²) in [5, 5.41) is 1.09. The number of carbonyl (C=O) groups excluding carboxylic acids is 2. The van der Waals surface area contributed by atoms with Gasteiger partial charge in [0.15, 0.2) is 0 Å². The van der Waals surface area contributed by atoms with Crippen LogP contribution in [0.4, 0.5) is 5.69 Å². The summed E-state index contributed by atoms with van der Waals surface area (Å²) in [7, 11) is 1.59. The molecule has 2 fully saturated rings. The summed E-state index contributed by atoms with van der Waals surface area (Å²) >= 11 is 0.